The van der Waals surface area contributed by atoms with Crippen LogP contribution in [0.3, 0.4) is 0 Å². The minimum Gasteiger partial charge on any atom is -0.491 e. The normalized spacial score (nSPS) is 14.4. The molecule has 0 radical (unpaired) electrons. The lowest BCUT2D eigenvalue weighted by Gasteiger charge is -2.25. The molecule has 0 saturated heterocycles. The van der Waals surface area contributed by atoms with Gasteiger partial charge in [-0.25, -0.2) is 14.4 Å². The number of hydrogen-bond acceptors (Lipinski definition) is 6. The molecule has 0 aliphatic carbocycles. The highest BCUT2D eigenvalue weighted by molar-refractivity contribution is 5.93. The van der Waals surface area contributed by atoms with Crippen LogP contribution in [0.1, 0.15) is 40.7 Å². The number of aliphatic imine (C=N–C) groups is 1. The monoisotopic (exact) mass is 508 g/mol. The quantitative estimate of drug-likeness (QED) is 0.373. The third-order valence-electron chi connectivity index (χ3n) is 7.19. The fraction of sp³-hybridized carbons (Fsp3) is 0.258. The van der Waals surface area contributed by atoms with E-state index in [0.29, 0.717) is 31.9 Å². The lowest BCUT2D eigenvalue weighted by atomic mass is 9.99. The summed E-state index contributed by atoms with van der Waals surface area (Å²) in [6.45, 7) is 5.50. The van der Waals surface area contributed by atoms with E-state index in [1.807, 2.05) is 13.0 Å². The molecule has 0 amide bonds. The standard InChI is InChI=1S/C31H29FN4O2/c1-19-13-24-6-5-23(16-28(24)33-19)22-7-10-29-25(15-22)17-36(11-12-38-29)31-27(20(2)34-30(18-37)35-31)14-21-3-8-26(32)9-4-21/h3-10,15-16,37H,11-14,17-18H2,1-2H3. The molecule has 0 fully saturated rings. The Morgan fingerprint density at radius 1 is 0.947 bits per heavy atom. The fourth-order valence-corrected chi connectivity index (χ4v) is 5.26. The van der Waals surface area contributed by atoms with Crippen molar-refractivity contribution in [2.75, 3.05) is 18.1 Å². The summed E-state index contributed by atoms with van der Waals surface area (Å²) in [4.78, 5) is 16.2. The minimum absolute atomic E-state index is 0.240. The first-order valence-corrected chi connectivity index (χ1v) is 12.9. The lowest BCUT2D eigenvalue weighted by Crippen LogP contribution is -2.28. The maximum atomic E-state index is 13.5. The number of anilines is 1. The van der Waals surface area contributed by atoms with E-state index in [1.54, 1.807) is 12.1 Å². The van der Waals surface area contributed by atoms with Crippen molar-refractivity contribution < 1.29 is 14.2 Å². The Balaban J connectivity index is 1.36. The Hall–Kier alpha value is -4.10. The van der Waals surface area contributed by atoms with Crippen LogP contribution in [0.4, 0.5) is 15.9 Å². The number of aryl methyl sites for hydroxylation is 1. The predicted molar refractivity (Wildman–Crippen MR) is 147 cm³/mol. The van der Waals surface area contributed by atoms with Crippen LogP contribution in [0.25, 0.3) is 11.1 Å². The summed E-state index contributed by atoms with van der Waals surface area (Å²) in [6.07, 6.45) is 1.48. The number of nitrogens with zero attached hydrogens (tertiary/aromatic N) is 4. The van der Waals surface area contributed by atoms with E-state index in [9.17, 15) is 9.50 Å². The Morgan fingerprint density at radius 3 is 2.55 bits per heavy atom. The molecule has 0 saturated carbocycles. The van der Waals surface area contributed by atoms with Crippen LogP contribution in [0.5, 0.6) is 5.75 Å². The van der Waals surface area contributed by atoms with Crippen LogP contribution in [-0.2, 0) is 26.0 Å². The highest BCUT2D eigenvalue weighted by Gasteiger charge is 2.23. The molecular formula is C31H29FN4O2. The topological polar surface area (TPSA) is 70.8 Å². The lowest BCUT2D eigenvalue weighted by molar-refractivity contribution is 0.271. The zero-order chi connectivity index (χ0) is 26.2. The van der Waals surface area contributed by atoms with Gasteiger partial charge in [0.05, 0.1) is 12.2 Å². The van der Waals surface area contributed by atoms with Gasteiger partial charge in [0.2, 0.25) is 0 Å². The zero-order valence-electron chi connectivity index (χ0n) is 21.5. The number of ether oxygens (including phenoxy) is 1. The molecule has 3 aromatic carbocycles. The number of fused-ring (bicyclic) bond motifs is 2. The first-order valence-electron chi connectivity index (χ1n) is 12.9. The highest BCUT2D eigenvalue weighted by Crippen LogP contribution is 2.36. The summed E-state index contributed by atoms with van der Waals surface area (Å²) < 4.78 is 19.7. The van der Waals surface area contributed by atoms with Crippen molar-refractivity contribution in [2.45, 2.75) is 39.8 Å². The van der Waals surface area contributed by atoms with Gasteiger partial charge in [0.1, 0.15) is 30.6 Å². The summed E-state index contributed by atoms with van der Waals surface area (Å²) >= 11 is 0. The summed E-state index contributed by atoms with van der Waals surface area (Å²) in [7, 11) is 0. The maximum Gasteiger partial charge on any atom is 0.156 e. The first-order chi connectivity index (χ1) is 18.5. The first kappa shape index (κ1) is 24.2. The van der Waals surface area contributed by atoms with Gasteiger partial charge in [0.25, 0.3) is 0 Å². The molecule has 0 bridgehead atoms. The van der Waals surface area contributed by atoms with Gasteiger partial charge in [-0.1, -0.05) is 30.3 Å². The predicted octanol–water partition coefficient (Wildman–Crippen LogP) is 5.72. The molecule has 1 N–H and O–H groups in total. The molecule has 192 valence electrons. The Kier molecular flexibility index (Phi) is 6.37. The number of aliphatic hydroxyl groups is 1. The van der Waals surface area contributed by atoms with Gasteiger partial charge >= 0.3 is 0 Å². The van der Waals surface area contributed by atoms with Gasteiger partial charge in [0.15, 0.2) is 5.82 Å². The molecule has 2 aliphatic rings. The molecule has 4 aromatic rings. The van der Waals surface area contributed by atoms with E-state index < -0.39 is 0 Å². The van der Waals surface area contributed by atoms with Crippen molar-refractivity contribution in [3.05, 3.63) is 100 Å². The number of rotatable bonds is 5. The largest absolute Gasteiger partial charge is 0.491 e. The molecule has 1 aromatic heterocycles. The van der Waals surface area contributed by atoms with Gasteiger partial charge in [0, 0.05) is 41.9 Å². The molecule has 0 spiro atoms. The van der Waals surface area contributed by atoms with Gasteiger partial charge in [-0.2, -0.15) is 0 Å². The summed E-state index contributed by atoms with van der Waals surface area (Å²) in [5, 5.41) is 9.84. The van der Waals surface area contributed by atoms with Crippen molar-refractivity contribution in [3.63, 3.8) is 0 Å². The van der Waals surface area contributed by atoms with Gasteiger partial charge < -0.3 is 14.7 Å². The SMILES string of the molecule is CC1=Nc2cc(-c3ccc4c(c3)CN(c3nc(CO)nc(C)c3Cc3ccc(F)cc3)CCO4)ccc2C1. The van der Waals surface area contributed by atoms with Gasteiger partial charge in [-0.05, 0) is 66.4 Å². The fourth-order valence-electron chi connectivity index (χ4n) is 5.26. The van der Waals surface area contributed by atoms with E-state index in [1.165, 1.54) is 17.7 Å². The number of aliphatic hydroxyl groups excluding tert-OH is 1. The average molecular weight is 509 g/mol. The summed E-state index contributed by atoms with van der Waals surface area (Å²) in [6, 6.07) is 19.3. The molecule has 38 heavy (non-hydrogen) atoms. The van der Waals surface area contributed by atoms with Crippen molar-refractivity contribution in [1.82, 2.24) is 9.97 Å². The van der Waals surface area contributed by atoms with Crippen LogP contribution in [0.2, 0.25) is 0 Å². The van der Waals surface area contributed by atoms with Crippen LogP contribution < -0.4 is 9.64 Å². The average Bonchev–Trinajstić information content (AvgIpc) is 3.16. The molecule has 2 aliphatic heterocycles. The number of benzene rings is 3. The van der Waals surface area contributed by atoms with E-state index in [0.717, 1.165) is 62.9 Å². The third kappa shape index (κ3) is 4.77. The van der Waals surface area contributed by atoms with E-state index in [2.05, 4.69) is 47.1 Å². The molecular weight excluding hydrogens is 479 g/mol. The Bertz CT molecular complexity index is 1550. The molecule has 0 unspecified atom stereocenters. The Morgan fingerprint density at radius 2 is 1.74 bits per heavy atom. The second kappa shape index (κ2) is 9.99. The van der Waals surface area contributed by atoms with Crippen molar-refractivity contribution in [2.24, 2.45) is 4.99 Å². The second-order valence-electron chi connectivity index (χ2n) is 9.95. The van der Waals surface area contributed by atoms with Crippen LogP contribution in [0, 0.1) is 12.7 Å². The summed E-state index contributed by atoms with van der Waals surface area (Å²) in [5.41, 5.74) is 9.48. The van der Waals surface area contributed by atoms with Crippen LogP contribution >= 0.6 is 0 Å². The van der Waals surface area contributed by atoms with Crippen LogP contribution in [0.15, 0.2) is 65.7 Å². The second-order valence-corrected chi connectivity index (χ2v) is 9.95. The highest BCUT2D eigenvalue weighted by atomic mass is 19.1. The van der Waals surface area contributed by atoms with Crippen molar-refractivity contribution in [1.29, 1.82) is 0 Å². The molecule has 3 heterocycles. The van der Waals surface area contributed by atoms with E-state index >= 15 is 0 Å². The van der Waals surface area contributed by atoms with Crippen molar-refractivity contribution in [3.8, 4) is 16.9 Å². The van der Waals surface area contributed by atoms with Gasteiger partial charge in [-0.15, -0.1) is 0 Å². The molecule has 7 heteroatoms. The summed E-state index contributed by atoms with van der Waals surface area (Å²) in [5.74, 6) is 1.75. The minimum atomic E-state index is -0.264. The molecule has 6 nitrogen and oxygen atoms in total. The smallest absolute Gasteiger partial charge is 0.156 e. The van der Waals surface area contributed by atoms with Gasteiger partial charge in [-0.3, -0.25) is 4.99 Å². The van der Waals surface area contributed by atoms with E-state index in [-0.39, 0.29) is 12.4 Å². The number of hydrogen-bond donors (Lipinski definition) is 1. The van der Waals surface area contributed by atoms with E-state index in [4.69, 9.17) is 14.7 Å². The maximum absolute atomic E-state index is 13.5. The number of halogens is 1. The molecule has 6 rings (SSSR count). The molecule has 0 atom stereocenters. The Labute approximate surface area is 221 Å². The van der Waals surface area contributed by atoms with Crippen molar-refractivity contribution >= 4 is 17.2 Å². The third-order valence-corrected chi connectivity index (χ3v) is 7.19. The number of aromatic nitrogens is 2. The zero-order valence-corrected chi connectivity index (χ0v) is 21.5. The van der Waals surface area contributed by atoms with Crippen LogP contribution in [-0.4, -0.2) is 33.9 Å².